The number of rotatable bonds is 2. The fourth-order valence-corrected chi connectivity index (χ4v) is 3.78. The topological polar surface area (TPSA) is 17.3 Å². The maximum Gasteiger partial charge on any atom is 0.194 e. The van der Waals surface area contributed by atoms with Gasteiger partial charge in [-0.05, 0) is 49.6 Å². The predicted octanol–water partition coefficient (Wildman–Crippen LogP) is 5.07. The van der Waals surface area contributed by atoms with Crippen molar-refractivity contribution in [1.29, 1.82) is 0 Å². The van der Waals surface area contributed by atoms with E-state index >= 15 is 0 Å². The second-order valence-electron chi connectivity index (χ2n) is 6.04. The molecule has 2 aromatic heterocycles. The summed E-state index contributed by atoms with van der Waals surface area (Å²) in [6.45, 7) is 6.44. The van der Waals surface area contributed by atoms with Crippen molar-refractivity contribution in [3.63, 3.8) is 0 Å². The molecule has 0 fully saturated rings. The van der Waals surface area contributed by atoms with Crippen LogP contribution in [0.5, 0.6) is 0 Å². The predicted molar refractivity (Wildman–Crippen MR) is 94.0 cm³/mol. The molecule has 0 saturated heterocycles. The van der Waals surface area contributed by atoms with Gasteiger partial charge in [-0.25, -0.2) is 4.98 Å². The van der Waals surface area contributed by atoms with Gasteiger partial charge in [0.15, 0.2) is 4.96 Å². The van der Waals surface area contributed by atoms with Gasteiger partial charge in [0.25, 0.3) is 0 Å². The van der Waals surface area contributed by atoms with E-state index in [2.05, 4.69) is 67.0 Å². The van der Waals surface area contributed by atoms with E-state index in [1.165, 1.54) is 33.5 Å². The Labute approximate surface area is 134 Å². The highest BCUT2D eigenvalue weighted by Gasteiger charge is 2.12. The normalized spacial score (nSPS) is 11.6. The molecule has 0 radical (unpaired) electrons. The number of benzene rings is 2. The van der Waals surface area contributed by atoms with Crippen molar-refractivity contribution in [1.82, 2.24) is 9.38 Å². The van der Waals surface area contributed by atoms with Gasteiger partial charge in [0.05, 0.1) is 11.0 Å². The Bertz CT molecular complexity index is 974. The lowest BCUT2D eigenvalue weighted by molar-refractivity contribution is 1.06. The number of hydrogen-bond donors (Lipinski definition) is 0. The van der Waals surface area contributed by atoms with Crippen LogP contribution < -0.4 is 0 Å². The van der Waals surface area contributed by atoms with E-state index in [0.29, 0.717) is 0 Å². The van der Waals surface area contributed by atoms with Gasteiger partial charge in [0.2, 0.25) is 0 Å². The van der Waals surface area contributed by atoms with E-state index in [1.807, 2.05) is 0 Å². The number of fused-ring (bicyclic) bond motifs is 3. The number of hydrogen-bond acceptors (Lipinski definition) is 2. The molecule has 2 heterocycles. The molecule has 0 spiro atoms. The van der Waals surface area contributed by atoms with Crippen molar-refractivity contribution in [2.45, 2.75) is 27.2 Å². The van der Waals surface area contributed by atoms with Gasteiger partial charge >= 0.3 is 0 Å². The molecule has 110 valence electrons. The number of aromatic nitrogens is 2. The summed E-state index contributed by atoms with van der Waals surface area (Å²) in [6, 6.07) is 13.2. The Hall–Kier alpha value is -2.13. The van der Waals surface area contributed by atoms with Gasteiger partial charge in [0, 0.05) is 17.5 Å². The lowest BCUT2D eigenvalue weighted by Gasteiger charge is -2.04. The minimum Gasteiger partial charge on any atom is -0.287 e. The Kier molecular flexibility index (Phi) is 3.05. The van der Waals surface area contributed by atoms with Crippen LogP contribution in [-0.2, 0) is 6.42 Å². The molecule has 2 nitrogen and oxygen atoms in total. The molecule has 22 heavy (non-hydrogen) atoms. The summed E-state index contributed by atoms with van der Waals surface area (Å²) in [5, 5.41) is 2.23. The Morgan fingerprint density at radius 3 is 2.50 bits per heavy atom. The van der Waals surface area contributed by atoms with Gasteiger partial charge in [-0.1, -0.05) is 29.8 Å². The molecule has 0 aliphatic heterocycles. The zero-order chi connectivity index (χ0) is 15.3. The highest BCUT2D eigenvalue weighted by atomic mass is 32.1. The molecule has 0 atom stereocenters. The fraction of sp³-hybridized carbons (Fsp3) is 0.211. The third-order valence-corrected chi connectivity index (χ3v) is 5.21. The largest absolute Gasteiger partial charge is 0.287 e. The molecular weight excluding hydrogens is 288 g/mol. The lowest BCUT2D eigenvalue weighted by atomic mass is 10.1. The Morgan fingerprint density at radius 1 is 1.00 bits per heavy atom. The summed E-state index contributed by atoms with van der Waals surface area (Å²) in [4.78, 5) is 5.86. The van der Waals surface area contributed by atoms with Crippen molar-refractivity contribution < 1.29 is 0 Å². The van der Waals surface area contributed by atoms with Crippen molar-refractivity contribution in [3.05, 3.63) is 69.7 Å². The van der Waals surface area contributed by atoms with Crippen molar-refractivity contribution >= 4 is 27.3 Å². The third kappa shape index (κ3) is 2.13. The first-order valence-corrected chi connectivity index (χ1v) is 8.41. The first-order valence-electron chi connectivity index (χ1n) is 7.53. The SMILES string of the molecule is Cc1ccc(Cc2csc3nc4cc(C)c(C)cc4n23)cc1. The molecule has 0 bridgehead atoms. The van der Waals surface area contributed by atoms with Crippen LogP contribution in [0.1, 0.15) is 27.9 Å². The smallest absolute Gasteiger partial charge is 0.194 e. The molecule has 0 aliphatic carbocycles. The van der Waals surface area contributed by atoms with Gasteiger partial charge in [-0.2, -0.15) is 0 Å². The van der Waals surface area contributed by atoms with Crippen molar-refractivity contribution in [3.8, 4) is 0 Å². The van der Waals surface area contributed by atoms with Crippen LogP contribution in [0.3, 0.4) is 0 Å². The fourth-order valence-electron chi connectivity index (χ4n) is 2.88. The van der Waals surface area contributed by atoms with Crippen LogP contribution in [0.2, 0.25) is 0 Å². The molecule has 0 saturated carbocycles. The van der Waals surface area contributed by atoms with Crippen LogP contribution in [0.15, 0.2) is 41.8 Å². The number of thiazole rings is 1. The van der Waals surface area contributed by atoms with Gasteiger partial charge in [0.1, 0.15) is 0 Å². The lowest BCUT2D eigenvalue weighted by Crippen LogP contribution is -1.94. The van der Waals surface area contributed by atoms with Crippen LogP contribution in [0.25, 0.3) is 16.0 Å². The Morgan fingerprint density at radius 2 is 1.73 bits per heavy atom. The van der Waals surface area contributed by atoms with E-state index in [-0.39, 0.29) is 0 Å². The zero-order valence-corrected chi connectivity index (χ0v) is 13.9. The van der Waals surface area contributed by atoms with Crippen molar-refractivity contribution in [2.75, 3.05) is 0 Å². The maximum absolute atomic E-state index is 4.78. The first kappa shape index (κ1) is 13.5. The summed E-state index contributed by atoms with van der Waals surface area (Å²) < 4.78 is 2.31. The van der Waals surface area contributed by atoms with E-state index < -0.39 is 0 Å². The average molecular weight is 306 g/mol. The minimum absolute atomic E-state index is 0.943. The molecule has 4 aromatic rings. The zero-order valence-electron chi connectivity index (χ0n) is 13.1. The van der Waals surface area contributed by atoms with E-state index in [0.717, 1.165) is 16.9 Å². The second kappa shape index (κ2) is 4.96. The van der Waals surface area contributed by atoms with E-state index in [9.17, 15) is 0 Å². The molecule has 0 N–H and O–H groups in total. The molecule has 0 aliphatic rings. The van der Waals surface area contributed by atoms with Crippen LogP contribution >= 0.6 is 11.3 Å². The summed E-state index contributed by atoms with van der Waals surface area (Å²) in [7, 11) is 0. The highest BCUT2D eigenvalue weighted by Crippen LogP contribution is 2.27. The van der Waals surface area contributed by atoms with Gasteiger partial charge in [-0.15, -0.1) is 11.3 Å². The van der Waals surface area contributed by atoms with Crippen molar-refractivity contribution in [2.24, 2.45) is 0 Å². The molecular formula is C19H18N2S. The molecule has 0 amide bonds. The standard InChI is InChI=1S/C19H18N2S/c1-12-4-6-15(7-5-12)10-16-11-22-19-20-17-8-13(2)14(3)9-18(17)21(16)19/h4-9,11H,10H2,1-3H3. The van der Waals surface area contributed by atoms with Gasteiger partial charge < -0.3 is 0 Å². The third-order valence-electron chi connectivity index (χ3n) is 4.33. The Balaban J connectivity index is 1.87. The molecule has 2 aromatic carbocycles. The monoisotopic (exact) mass is 306 g/mol. The number of imidazole rings is 1. The average Bonchev–Trinajstić information content (AvgIpc) is 3.03. The number of nitrogens with zero attached hydrogens (tertiary/aromatic N) is 2. The number of aryl methyl sites for hydroxylation is 3. The quantitative estimate of drug-likeness (QED) is 0.505. The van der Waals surface area contributed by atoms with Crippen LogP contribution in [0.4, 0.5) is 0 Å². The summed E-state index contributed by atoms with van der Waals surface area (Å²) in [5.41, 5.74) is 8.91. The maximum atomic E-state index is 4.78. The van der Waals surface area contributed by atoms with E-state index in [4.69, 9.17) is 4.98 Å². The summed E-state index contributed by atoms with van der Waals surface area (Å²) >= 11 is 1.73. The first-order chi connectivity index (χ1) is 10.6. The molecule has 0 unspecified atom stereocenters. The molecule has 3 heteroatoms. The highest BCUT2D eigenvalue weighted by molar-refractivity contribution is 7.15. The summed E-state index contributed by atoms with van der Waals surface area (Å²) in [5.74, 6) is 0. The summed E-state index contributed by atoms with van der Waals surface area (Å²) in [6.07, 6.45) is 0.943. The minimum atomic E-state index is 0.943. The second-order valence-corrected chi connectivity index (χ2v) is 6.88. The molecule has 4 rings (SSSR count). The van der Waals surface area contributed by atoms with E-state index in [1.54, 1.807) is 11.3 Å². The van der Waals surface area contributed by atoms with Crippen LogP contribution in [0, 0.1) is 20.8 Å². The van der Waals surface area contributed by atoms with Crippen LogP contribution in [-0.4, -0.2) is 9.38 Å². The van der Waals surface area contributed by atoms with Gasteiger partial charge in [-0.3, -0.25) is 4.40 Å².